The van der Waals surface area contributed by atoms with E-state index in [1.54, 1.807) is 13.2 Å². The second kappa shape index (κ2) is 6.62. The van der Waals surface area contributed by atoms with Gasteiger partial charge in [-0.2, -0.15) is 0 Å². The van der Waals surface area contributed by atoms with E-state index >= 15 is 0 Å². The first-order valence-corrected chi connectivity index (χ1v) is 6.00. The van der Waals surface area contributed by atoms with Crippen LogP contribution in [-0.4, -0.2) is 25.8 Å². The number of carbonyl (C=O) groups excluding carboxylic acids is 1. The fourth-order valence-corrected chi connectivity index (χ4v) is 1.81. The van der Waals surface area contributed by atoms with Crippen LogP contribution in [0.5, 0.6) is 0 Å². The summed E-state index contributed by atoms with van der Waals surface area (Å²) in [6.45, 7) is 0.294. The van der Waals surface area contributed by atoms with Crippen molar-refractivity contribution in [1.82, 2.24) is 5.32 Å². The van der Waals surface area contributed by atoms with Crippen LogP contribution >= 0.6 is 15.9 Å². The number of halogens is 1. The Hall–Kier alpha value is -0.910. The first-order chi connectivity index (χ1) is 7.69. The van der Waals surface area contributed by atoms with Gasteiger partial charge in [0.25, 0.3) is 5.91 Å². The number of nitrogens with one attached hydrogen (secondary N) is 1. The lowest BCUT2D eigenvalue weighted by molar-refractivity contribution is 0.0899. The molecule has 0 saturated carbocycles. The number of nitrogens with two attached hydrogens (primary N) is 1. The highest BCUT2D eigenvalue weighted by molar-refractivity contribution is 9.08. The predicted molar refractivity (Wildman–Crippen MR) is 66.4 cm³/mol. The van der Waals surface area contributed by atoms with Gasteiger partial charge in [0.15, 0.2) is 0 Å². The normalized spacial score (nSPS) is 12.2. The van der Waals surface area contributed by atoms with Crippen molar-refractivity contribution in [3.63, 3.8) is 0 Å². The third-order valence-electron chi connectivity index (χ3n) is 2.07. The van der Waals surface area contributed by atoms with E-state index in [4.69, 9.17) is 10.5 Å². The molecule has 1 aromatic carbocycles. The minimum Gasteiger partial charge on any atom is -0.381 e. The summed E-state index contributed by atoms with van der Waals surface area (Å²) < 4.78 is 4.85. The lowest BCUT2D eigenvalue weighted by Crippen LogP contribution is -2.44. The number of rotatable bonds is 5. The Bertz CT molecular complexity index is 358. The van der Waals surface area contributed by atoms with Gasteiger partial charge in [0, 0.05) is 18.0 Å². The first kappa shape index (κ1) is 13.2. The van der Waals surface area contributed by atoms with Crippen LogP contribution in [0, 0.1) is 0 Å². The summed E-state index contributed by atoms with van der Waals surface area (Å²) in [6.07, 6.45) is -0.485. The SMILES string of the molecule is COCC(N)NC(=O)c1ccccc1CBr. The topological polar surface area (TPSA) is 64.3 Å². The molecule has 1 atom stereocenters. The maximum atomic E-state index is 11.8. The molecule has 0 fully saturated rings. The lowest BCUT2D eigenvalue weighted by Gasteiger charge is -2.14. The number of methoxy groups -OCH3 is 1. The van der Waals surface area contributed by atoms with Crippen molar-refractivity contribution in [3.05, 3.63) is 35.4 Å². The number of amides is 1. The summed E-state index contributed by atoms with van der Waals surface area (Å²) in [5.41, 5.74) is 7.21. The summed E-state index contributed by atoms with van der Waals surface area (Å²) in [4.78, 5) is 11.8. The minimum atomic E-state index is -0.485. The van der Waals surface area contributed by atoms with Crippen LogP contribution in [0.25, 0.3) is 0 Å². The van der Waals surface area contributed by atoms with E-state index in [1.807, 2.05) is 18.2 Å². The van der Waals surface area contributed by atoms with E-state index < -0.39 is 6.17 Å². The quantitative estimate of drug-likeness (QED) is 0.632. The molecule has 0 radical (unpaired) electrons. The second-order valence-corrected chi connectivity index (χ2v) is 3.89. The lowest BCUT2D eigenvalue weighted by atomic mass is 10.1. The monoisotopic (exact) mass is 286 g/mol. The van der Waals surface area contributed by atoms with Gasteiger partial charge in [-0.15, -0.1) is 0 Å². The third kappa shape index (κ3) is 3.59. The molecule has 1 rings (SSSR count). The first-order valence-electron chi connectivity index (χ1n) is 4.88. The van der Waals surface area contributed by atoms with Crippen LogP contribution in [0.15, 0.2) is 24.3 Å². The Kier molecular flexibility index (Phi) is 5.45. The van der Waals surface area contributed by atoms with Gasteiger partial charge < -0.3 is 15.8 Å². The van der Waals surface area contributed by atoms with Crippen LogP contribution in [-0.2, 0) is 10.1 Å². The van der Waals surface area contributed by atoms with Gasteiger partial charge in [0.1, 0.15) is 6.17 Å². The Morgan fingerprint density at radius 2 is 2.25 bits per heavy atom. The maximum absolute atomic E-state index is 11.8. The Morgan fingerprint density at radius 3 is 2.88 bits per heavy atom. The third-order valence-corrected chi connectivity index (χ3v) is 2.67. The summed E-state index contributed by atoms with van der Waals surface area (Å²) in [6, 6.07) is 7.38. The van der Waals surface area contributed by atoms with Gasteiger partial charge in [-0.05, 0) is 11.6 Å². The molecule has 0 bridgehead atoms. The molecule has 0 aliphatic carbocycles. The van der Waals surface area contributed by atoms with Crippen LogP contribution in [0.3, 0.4) is 0 Å². The summed E-state index contributed by atoms with van der Waals surface area (Å²) in [5, 5.41) is 3.30. The van der Waals surface area contributed by atoms with Crippen molar-refractivity contribution in [3.8, 4) is 0 Å². The number of carbonyl (C=O) groups is 1. The second-order valence-electron chi connectivity index (χ2n) is 3.33. The molecule has 1 amide bonds. The van der Waals surface area contributed by atoms with Gasteiger partial charge in [0.05, 0.1) is 6.61 Å². The molecule has 0 heterocycles. The van der Waals surface area contributed by atoms with Crippen LogP contribution in [0.1, 0.15) is 15.9 Å². The van der Waals surface area contributed by atoms with Gasteiger partial charge in [-0.1, -0.05) is 34.1 Å². The molecule has 0 aliphatic heterocycles. The summed E-state index contributed by atoms with van der Waals surface area (Å²) in [7, 11) is 1.54. The van der Waals surface area contributed by atoms with E-state index in [1.165, 1.54) is 0 Å². The molecule has 1 unspecified atom stereocenters. The fraction of sp³-hybridized carbons (Fsp3) is 0.364. The summed E-state index contributed by atoms with van der Waals surface area (Å²) in [5.74, 6) is -0.181. The molecular weight excluding hydrogens is 272 g/mol. The minimum absolute atomic E-state index is 0.181. The zero-order valence-electron chi connectivity index (χ0n) is 9.07. The van der Waals surface area contributed by atoms with Gasteiger partial charge in [-0.25, -0.2) is 0 Å². The van der Waals surface area contributed by atoms with Crippen molar-refractivity contribution in [1.29, 1.82) is 0 Å². The molecule has 0 aliphatic rings. The molecular formula is C11H15BrN2O2. The van der Waals surface area contributed by atoms with Crippen molar-refractivity contribution >= 4 is 21.8 Å². The van der Waals surface area contributed by atoms with E-state index in [9.17, 15) is 4.79 Å². The number of hydrogen-bond donors (Lipinski definition) is 2. The number of alkyl halides is 1. The Balaban J connectivity index is 2.72. The van der Waals surface area contributed by atoms with Crippen molar-refractivity contribution < 1.29 is 9.53 Å². The average Bonchev–Trinajstić information content (AvgIpc) is 2.29. The Morgan fingerprint density at radius 1 is 1.56 bits per heavy atom. The highest BCUT2D eigenvalue weighted by Gasteiger charge is 2.12. The largest absolute Gasteiger partial charge is 0.381 e. The zero-order chi connectivity index (χ0) is 12.0. The molecule has 4 nitrogen and oxygen atoms in total. The van der Waals surface area contributed by atoms with Crippen LogP contribution in [0.2, 0.25) is 0 Å². The van der Waals surface area contributed by atoms with E-state index in [0.717, 1.165) is 5.56 Å². The smallest absolute Gasteiger partial charge is 0.252 e. The average molecular weight is 287 g/mol. The van der Waals surface area contributed by atoms with E-state index in [0.29, 0.717) is 17.5 Å². The molecule has 0 aromatic heterocycles. The number of hydrogen-bond acceptors (Lipinski definition) is 3. The molecule has 16 heavy (non-hydrogen) atoms. The van der Waals surface area contributed by atoms with Crippen LogP contribution < -0.4 is 11.1 Å². The number of benzene rings is 1. The fourth-order valence-electron chi connectivity index (χ4n) is 1.33. The van der Waals surface area contributed by atoms with Gasteiger partial charge in [-0.3, -0.25) is 4.79 Å². The van der Waals surface area contributed by atoms with Gasteiger partial charge in [0.2, 0.25) is 0 Å². The van der Waals surface area contributed by atoms with Gasteiger partial charge >= 0.3 is 0 Å². The molecule has 3 N–H and O–H groups in total. The van der Waals surface area contributed by atoms with Crippen molar-refractivity contribution in [2.75, 3.05) is 13.7 Å². The highest BCUT2D eigenvalue weighted by Crippen LogP contribution is 2.12. The predicted octanol–water partition coefficient (Wildman–Crippen LogP) is 1.24. The zero-order valence-corrected chi connectivity index (χ0v) is 10.7. The summed E-state index contributed by atoms with van der Waals surface area (Å²) >= 11 is 3.34. The molecule has 5 heteroatoms. The molecule has 0 spiro atoms. The number of ether oxygens (including phenoxy) is 1. The van der Waals surface area contributed by atoms with E-state index in [2.05, 4.69) is 21.2 Å². The highest BCUT2D eigenvalue weighted by atomic mass is 79.9. The molecule has 0 saturated heterocycles. The van der Waals surface area contributed by atoms with Crippen molar-refractivity contribution in [2.24, 2.45) is 5.73 Å². The molecule has 1 aromatic rings. The maximum Gasteiger partial charge on any atom is 0.252 e. The molecule has 88 valence electrons. The van der Waals surface area contributed by atoms with Crippen molar-refractivity contribution in [2.45, 2.75) is 11.5 Å². The van der Waals surface area contributed by atoms with E-state index in [-0.39, 0.29) is 5.91 Å². The Labute approximate surface area is 103 Å². The van der Waals surface area contributed by atoms with Crippen LogP contribution in [0.4, 0.5) is 0 Å². The standard InChI is InChI=1S/C11H15BrN2O2/c1-16-7-10(13)14-11(15)9-5-3-2-4-8(9)6-12/h2-5,10H,6-7,13H2,1H3,(H,14,15).